The van der Waals surface area contributed by atoms with Crippen LogP contribution in [0.4, 0.5) is 0 Å². The van der Waals surface area contributed by atoms with Gasteiger partial charge in [0.2, 0.25) is 0 Å². The Morgan fingerprint density at radius 2 is 1.96 bits per heavy atom. The molecule has 0 radical (unpaired) electrons. The number of thioether (sulfide) groups is 1. The van der Waals surface area contributed by atoms with E-state index in [1.165, 1.54) is 44.1 Å². The lowest BCUT2D eigenvalue weighted by atomic mass is 10.1. The quantitative estimate of drug-likeness (QED) is 0.394. The van der Waals surface area contributed by atoms with E-state index in [1.807, 2.05) is 42.6 Å². The maximum Gasteiger partial charge on any atom is 0.0946 e. The molecule has 0 saturated heterocycles. The number of aromatic nitrogens is 2. The number of imidazole rings is 1. The average molecular weight is 385 g/mol. The summed E-state index contributed by atoms with van der Waals surface area (Å²) < 4.78 is 2.18. The molecule has 24 heavy (non-hydrogen) atoms. The third-order valence-electron chi connectivity index (χ3n) is 4.07. The molecule has 0 bridgehead atoms. The van der Waals surface area contributed by atoms with Gasteiger partial charge < -0.3 is 4.57 Å². The summed E-state index contributed by atoms with van der Waals surface area (Å²) in [7, 11) is 0. The van der Waals surface area contributed by atoms with Gasteiger partial charge in [-0.05, 0) is 24.1 Å². The van der Waals surface area contributed by atoms with Crippen LogP contribution in [0.2, 0.25) is 10.0 Å². The Balaban J connectivity index is 1.85. The van der Waals surface area contributed by atoms with Crippen molar-refractivity contribution >= 4 is 35.0 Å². The molecule has 0 spiro atoms. The number of benzene rings is 1. The summed E-state index contributed by atoms with van der Waals surface area (Å²) in [6, 6.07) is 5.93. The summed E-state index contributed by atoms with van der Waals surface area (Å²) in [5.74, 6) is 0.964. The maximum absolute atomic E-state index is 6.12. The molecule has 2 aromatic rings. The van der Waals surface area contributed by atoms with Gasteiger partial charge in [-0.25, -0.2) is 4.98 Å². The van der Waals surface area contributed by atoms with Gasteiger partial charge in [-0.3, -0.25) is 0 Å². The third-order valence-corrected chi connectivity index (χ3v) is 6.17. The second-order valence-corrected chi connectivity index (χ2v) is 8.25. The minimum absolute atomic E-state index is 0.593. The van der Waals surface area contributed by atoms with Crippen LogP contribution in [0.25, 0.3) is 0 Å². The topological polar surface area (TPSA) is 17.8 Å². The molecule has 132 valence electrons. The van der Waals surface area contributed by atoms with Crippen LogP contribution in [0.15, 0.2) is 36.9 Å². The maximum atomic E-state index is 6.12. The van der Waals surface area contributed by atoms with E-state index in [4.69, 9.17) is 23.2 Å². The predicted octanol–water partition coefficient (Wildman–Crippen LogP) is 6.85. The van der Waals surface area contributed by atoms with Crippen molar-refractivity contribution in [3.05, 3.63) is 52.5 Å². The van der Waals surface area contributed by atoms with Gasteiger partial charge in [0, 0.05) is 29.9 Å². The van der Waals surface area contributed by atoms with E-state index in [0.717, 1.165) is 12.3 Å². The van der Waals surface area contributed by atoms with Crippen molar-refractivity contribution in [2.45, 2.75) is 63.0 Å². The fourth-order valence-corrected chi connectivity index (χ4v) is 4.22. The highest BCUT2D eigenvalue weighted by molar-refractivity contribution is 7.99. The highest BCUT2D eigenvalue weighted by atomic mass is 35.5. The Labute approximate surface area is 160 Å². The average Bonchev–Trinajstić information content (AvgIpc) is 3.08. The van der Waals surface area contributed by atoms with Gasteiger partial charge in [0.25, 0.3) is 0 Å². The van der Waals surface area contributed by atoms with Gasteiger partial charge in [0.1, 0.15) is 0 Å². The van der Waals surface area contributed by atoms with Crippen molar-refractivity contribution in [1.29, 1.82) is 0 Å². The molecule has 1 aromatic carbocycles. The minimum Gasteiger partial charge on any atom is -0.336 e. The second kappa shape index (κ2) is 11.1. The molecule has 0 N–H and O–H groups in total. The molecular formula is C19H26Cl2N2S. The smallest absolute Gasteiger partial charge is 0.0946 e. The van der Waals surface area contributed by atoms with E-state index in [0.29, 0.717) is 15.3 Å². The summed E-state index contributed by atoms with van der Waals surface area (Å²) >= 11 is 14.1. The molecule has 5 heteroatoms. The minimum atomic E-state index is 0.593. The third kappa shape index (κ3) is 7.08. The normalized spacial score (nSPS) is 12.5. The molecule has 1 aromatic heterocycles. The van der Waals surface area contributed by atoms with Crippen LogP contribution < -0.4 is 0 Å². The molecule has 0 saturated carbocycles. The zero-order chi connectivity index (χ0) is 17.2. The van der Waals surface area contributed by atoms with E-state index in [2.05, 4.69) is 22.5 Å². The van der Waals surface area contributed by atoms with Gasteiger partial charge in [0.05, 0.1) is 16.4 Å². The Kier molecular flexibility index (Phi) is 9.08. The van der Waals surface area contributed by atoms with Crippen LogP contribution in [0, 0.1) is 0 Å². The van der Waals surface area contributed by atoms with Crippen LogP contribution in [-0.4, -0.2) is 14.8 Å². The first-order valence-corrected chi connectivity index (χ1v) is 10.5. The molecule has 0 aliphatic rings. The lowest BCUT2D eigenvalue weighted by Gasteiger charge is -2.17. The molecular weight excluding hydrogens is 359 g/mol. The van der Waals surface area contributed by atoms with E-state index < -0.39 is 0 Å². The number of unbranched alkanes of at least 4 members (excludes halogenated alkanes) is 4. The molecule has 2 nitrogen and oxygen atoms in total. The van der Waals surface area contributed by atoms with E-state index in [9.17, 15) is 0 Å². The Morgan fingerprint density at radius 1 is 1.12 bits per heavy atom. The number of nitrogens with zero attached hydrogens (tertiary/aromatic N) is 2. The van der Waals surface area contributed by atoms with Crippen LogP contribution in [0.3, 0.4) is 0 Å². The largest absolute Gasteiger partial charge is 0.336 e. The molecule has 2 rings (SSSR count). The Morgan fingerprint density at radius 3 is 2.67 bits per heavy atom. The summed E-state index contributed by atoms with van der Waals surface area (Å²) in [5.41, 5.74) is 1.23. The van der Waals surface area contributed by atoms with Gasteiger partial charge in [-0.2, -0.15) is 11.8 Å². The van der Waals surface area contributed by atoms with Gasteiger partial charge in [0.15, 0.2) is 0 Å². The van der Waals surface area contributed by atoms with Crippen molar-refractivity contribution in [3.8, 4) is 0 Å². The SMILES string of the molecule is CCCCCCCC(Cn1ccnc1)SCc1ccc(Cl)c(Cl)c1. The monoisotopic (exact) mass is 384 g/mol. The number of hydrogen-bond donors (Lipinski definition) is 0. The fourth-order valence-electron chi connectivity index (χ4n) is 2.68. The standard InChI is InChI=1S/C19H26Cl2N2S/c1-2-3-4-5-6-7-17(13-23-11-10-22-15-23)24-14-16-8-9-18(20)19(21)12-16/h8-12,15,17H,2-7,13-14H2,1H3. The lowest BCUT2D eigenvalue weighted by molar-refractivity contribution is 0.560. The Bertz CT molecular complexity index is 587. The van der Waals surface area contributed by atoms with Crippen molar-refractivity contribution in [2.24, 2.45) is 0 Å². The predicted molar refractivity (Wildman–Crippen MR) is 107 cm³/mol. The molecule has 1 unspecified atom stereocenters. The summed E-state index contributed by atoms with van der Waals surface area (Å²) in [5, 5.41) is 1.85. The van der Waals surface area contributed by atoms with Crippen molar-refractivity contribution in [3.63, 3.8) is 0 Å². The summed E-state index contributed by atoms with van der Waals surface area (Å²) in [6.07, 6.45) is 13.7. The van der Waals surface area contributed by atoms with Crippen molar-refractivity contribution in [2.75, 3.05) is 0 Å². The van der Waals surface area contributed by atoms with E-state index in [1.54, 1.807) is 0 Å². The lowest BCUT2D eigenvalue weighted by Crippen LogP contribution is -2.12. The second-order valence-electron chi connectivity index (χ2n) is 6.14. The van der Waals surface area contributed by atoms with Crippen molar-refractivity contribution < 1.29 is 0 Å². The van der Waals surface area contributed by atoms with Crippen molar-refractivity contribution in [1.82, 2.24) is 9.55 Å². The highest BCUT2D eigenvalue weighted by Gasteiger charge is 2.11. The first-order chi connectivity index (χ1) is 11.7. The summed E-state index contributed by atoms with van der Waals surface area (Å²) in [6.45, 7) is 3.27. The van der Waals surface area contributed by atoms with Crippen LogP contribution in [-0.2, 0) is 12.3 Å². The number of rotatable bonds is 11. The zero-order valence-electron chi connectivity index (χ0n) is 14.3. The number of hydrogen-bond acceptors (Lipinski definition) is 2. The molecule has 0 fully saturated rings. The Hall–Kier alpha value is -0.640. The van der Waals surface area contributed by atoms with E-state index >= 15 is 0 Å². The van der Waals surface area contributed by atoms with Crippen LogP contribution in [0.1, 0.15) is 51.0 Å². The fraction of sp³-hybridized carbons (Fsp3) is 0.526. The molecule has 0 aliphatic carbocycles. The number of halogens is 2. The first kappa shape index (κ1) is 19.7. The molecule has 0 aliphatic heterocycles. The van der Waals surface area contributed by atoms with Gasteiger partial charge in [-0.1, -0.05) is 68.3 Å². The van der Waals surface area contributed by atoms with E-state index in [-0.39, 0.29) is 0 Å². The molecule has 1 atom stereocenters. The van der Waals surface area contributed by atoms with Gasteiger partial charge >= 0.3 is 0 Å². The van der Waals surface area contributed by atoms with Gasteiger partial charge in [-0.15, -0.1) is 0 Å². The zero-order valence-corrected chi connectivity index (χ0v) is 16.6. The molecule has 0 amide bonds. The highest BCUT2D eigenvalue weighted by Crippen LogP contribution is 2.28. The van der Waals surface area contributed by atoms with Crippen LogP contribution in [0.5, 0.6) is 0 Å². The molecule has 1 heterocycles. The summed E-state index contributed by atoms with van der Waals surface area (Å²) in [4.78, 5) is 4.16. The first-order valence-electron chi connectivity index (χ1n) is 8.70. The van der Waals surface area contributed by atoms with Crippen LogP contribution >= 0.6 is 35.0 Å².